The Balaban J connectivity index is 1.34. The van der Waals surface area contributed by atoms with Crippen LogP contribution in [0.4, 0.5) is 0 Å². The van der Waals surface area contributed by atoms with Crippen LogP contribution in [0.5, 0.6) is 11.5 Å². The number of ether oxygens (including phenoxy) is 2. The quantitative estimate of drug-likeness (QED) is 0.645. The Morgan fingerprint density at radius 1 is 1.06 bits per heavy atom. The Labute approximate surface area is 190 Å². The fourth-order valence-corrected chi connectivity index (χ4v) is 6.15. The van der Waals surface area contributed by atoms with E-state index in [0.717, 1.165) is 67.0 Å². The van der Waals surface area contributed by atoms with Crippen molar-refractivity contribution in [3.8, 4) is 11.5 Å². The number of hydrogen-bond donors (Lipinski definition) is 1. The molecule has 1 aromatic heterocycles. The van der Waals surface area contributed by atoms with Crippen molar-refractivity contribution in [2.45, 2.75) is 76.4 Å². The average Bonchev–Trinajstić information content (AvgIpc) is 3.06. The fourth-order valence-electron chi connectivity index (χ4n) is 4.96. The molecular weight excluding hydrogens is 408 g/mol. The lowest BCUT2D eigenvalue weighted by atomic mass is 9.93. The molecule has 0 radical (unpaired) electrons. The van der Waals surface area contributed by atoms with Gasteiger partial charge in [0.05, 0.1) is 19.4 Å². The second kappa shape index (κ2) is 10.3. The van der Waals surface area contributed by atoms with Crippen molar-refractivity contribution in [3.63, 3.8) is 0 Å². The van der Waals surface area contributed by atoms with E-state index in [1.807, 2.05) is 24.3 Å². The monoisotopic (exact) mass is 444 g/mol. The van der Waals surface area contributed by atoms with Crippen LogP contribution >= 0.6 is 11.3 Å². The molecule has 1 aliphatic heterocycles. The summed E-state index contributed by atoms with van der Waals surface area (Å²) < 4.78 is 11.1. The van der Waals surface area contributed by atoms with Crippen molar-refractivity contribution in [2.24, 2.45) is 0 Å². The number of nitrogens with zero attached hydrogens (tertiary/aromatic N) is 2. The lowest BCUT2D eigenvalue weighted by Crippen LogP contribution is -2.38. The summed E-state index contributed by atoms with van der Waals surface area (Å²) in [5.41, 5.74) is 0.244. The van der Waals surface area contributed by atoms with Crippen LogP contribution < -0.4 is 9.47 Å². The molecule has 0 bridgehead atoms. The third kappa shape index (κ3) is 5.60. The van der Waals surface area contributed by atoms with E-state index in [9.17, 15) is 5.11 Å². The van der Waals surface area contributed by atoms with Gasteiger partial charge in [-0.15, -0.1) is 11.3 Å². The molecule has 0 amide bonds. The van der Waals surface area contributed by atoms with Crippen molar-refractivity contribution in [3.05, 3.63) is 39.8 Å². The molecule has 31 heavy (non-hydrogen) atoms. The van der Waals surface area contributed by atoms with Gasteiger partial charge in [-0.3, -0.25) is 0 Å². The van der Waals surface area contributed by atoms with Crippen LogP contribution in [-0.4, -0.2) is 47.8 Å². The van der Waals surface area contributed by atoms with E-state index < -0.39 is 5.60 Å². The van der Waals surface area contributed by atoms with Crippen molar-refractivity contribution < 1.29 is 14.6 Å². The molecule has 2 aromatic rings. The van der Waals surface area contributed by atoms with E-state index in [0.29, 0.717) is 6.61 Å². The highest BCUT2D eigenvalue weighted by Crippen LogP contribution is 2.38. The number of aromatic nitrogens is 1. The van der Waals surface area contributed by atoms with Crippen LogP contribution in [0.1, 0.15) is 66.9 Å². The molecule has 2 heterocycles. The SMILES string of the molecule is COc1ccc(OCCc2sc([C@@]3(O)CCCN(C4CCCCC4)CC3)nc2C)cc1. The molecule has 2 aliphatic rings. The van der Waals surface area contributed by atoms with Crippen LogP contribution in [0.25, 0.3) is 0 Å². The van der Waals surface area contributed by atoms with Crippen molar-refractivity contribution in [2.75, 3.05) is 26.8 Å². The first kappa shape index (κ1) is 22.6. The summed E-state index contributed by atoms with van der Waals surface area (Å²) in [6, 6.07) is 8.39. The number of rotatable bonds is 7. The van der Waals surface area contributed by atoms with Crippen LogP contribution in [0.3, 0.4) is 0 Å². The number of methoxy groups -OCH3 is 1. The van der Waals surface area contributed by atoms with E-state index in [1.54, 1.807) is 18.4 Å². The number of benzene rings is 1. The maximum Gasteiger partial charge on any atom is 0.125 e. The number of aryl methyl sites for hydroxylation is 1. The molecule has 1 saturated carbocycles. The molecule has 1 saturated heterocycles. The average molecular weight is 445 g/mol. The molecular formula is C25H36N2O3S. The minimum Gasteiger partial charge on any atom is -0.497 e. The zero-order chi connectivity index (χ0) is 21.7. The summed E-state index contributed by atoms with van der Waals surface area (Å²) >= 11 is 1.67. The van der Waals surface area contributed by atoms with Gasteiger partial charge in [-0.2, -0.15) is 0 Å². The predicted molar refractivity (Wildman–Crippen MR) is 125 cm³/mol. The summed E-state index contributed by atoms with van der Waals surface area (Å²) in [4.78, 5) is 8.66. The zero-order valence-electron chi connectivity index (χ0n) is 18.9. The highest BCUT2D eigenvalue weighted by molar-refractivity contribution is 7.11. The maximum atomic E-state index is 11.5. The molecule has 1 N–H and O–H groups in total. The Morgan fingerprint density at radius 2 is 1.81 bits per heavy atom. The second-order valence-corrected chi connectivity index (χ2v) is 10.1. The Morgan fingerprint density at radius 3 is 2.55 bits per heavy atom. The first-order valence-corrected chi connectivity index (χ1v) is 12.6. The van der Waals surface area contributed by atoms with Gasteiger partial charge in [0.1, 0.15) is 22.1 Å². The second-order valence-electron chi connectivity index (χ2n) is 9.01. The lowest BCUT2D eigenvalue weighted by molar-refractivity contribution is 0.0188. The van der Waals surface area contributed by atoms with Crippen LogP contribution in [0, 0.1) is 6.92 Å². The van der Waals surface area contributed by atoms with E-state index in [1.165, 1.54) is 37.0 Å². The summed E-state index contributed by atoms with van der Waals surface area (Å²) in [6.45, 7) is 4.75. The van der Waals surface area contributed by atoms with Crippen LogP contribution in [0.2, 0.25) is 0 Å². The molecule has 5 nitrogen and oxygen atoms in total. The standard InChI is InChI=1S/C25H36N2O3S/c1-19-23(13-18-30-22-11-9-21(29-2)10-12-22)31-24(26-19)25(28)14-6-16-27(17-15-25)20-7-4-3-5-8-20/h9-12,20,28H,3-8,13-18H2,1-2H3/t25-/m1/s1. The van der Waals surface area contributed by atoms with Gasteiger partial charge in [-0.1, -0.05) is 19.3 Å². The predicted octanol–water partition coefficient (Wildman–Crippen LogP) is 5.09. The molecule has 0 spiro atoms. The van der Waals surface area contributed by atoms with E-state index in [2.05, 4.69) is 11.8 Å². The largest absolute Gasteiger partial charge is 0.497 e. The van der Waals surface area contributed by atoms with Gasteiger partial charge in [-0.05, 0) is 69.8 Å². The Kier molecular flexibility index (Phi) is 7.51. The first-order valence-electron chi connectivity index (χ1n) is 11.8. The lowest BCUT2D eigenvalue weighted by Gasteiger charge is -2.33. The molecule has 4 rings (SSSR count). The van der Waals surface area contributed by atoms with Gasteiger partial charge in [0.2, 0.25) is 0 Å². The molecule has 1 atom stereocenters. The Bertz CT molecular complexity index is 832. The van der Waals surface area contributed by atoms with Crippen molar-refractivity contribution >= 4 is 11.3 Å². The number of hydrogen-bond acceptors (Lipinski definition) is 6. The Hall–Kier alpha value is -1.63. The van der Waals surface area contributed by atoms with Crippen molar-refractivity contribution in [1.82, 2.24) is 9.88 Å². The maximum absolute atomic E-state index is 11.5. The van der Waals surface area contributed by atoms with Gasteiger partial charge in [0.25, 0.3) is 0 Å². The molecule has 6 heteroatoms. The topological polar surface area (TPSA) is 54.8 Å². The van der Waals surface area contributed by atoms with Gasteiger partial charge in [0.15, 0.2) is 0 Å². The highest BCUT2D eigenvalue weighted by Gasteiger charge is 2.36. The van der Waals surface area contributed by atoms with Gasteiger partial charge in [-0.25, -0.2) is 4.98 Å². The molecule has 0 unspecified atom stereocenters. The normalized spacial score (nSPS) is 23.5. The third-order valence-corrected chi connectivity index (χ3v) is 8.30. The van der Waals surface area contributed by atoms with Crippen LogP contribution in [-0.2, 0) is 12.0 Å². The molecule has 1 aromatic carbocycles. The zero-order valence-corrected chi connectivity index (χ0v) is 19.8. The number of aliphatic hydroxyl groups is 1. The molecule has 1 aliphatic carbocycles. The van der Waals surface area contributed by atoms with Gasteiger partial charge in [0, 0.05) is 23.9 Å². The molecule has 170 valence electrons. The first-order chi connectivity index (χ1) is 15.1. The van der Waals surface area contributed by atoms with E-state index >= 15 is 0 Å². The number of likely N-dealkylation sites (tertiary alicyclic amines) is 1. The number of thiazole rings is 1. The van der Waals surface area contributed by atoms with Gasteiger partial charge >= 0.3 is 0 Å². The van der Waals surface area contributed by atoms with Crippen LogP contribution in [0.15, 0.2) is 24.3 Å². The molecule has 2 fully saturated rings. The third-order valence-electron chi connectivity index (χ3n) is 6.89. The minimum atomic E-state index is -0.784. The van der Waals surface area contributed by atoms with Crippen molar-refractivity contribution in [1.29, 1.82) is 0 Å². The van der Waals surface area contributed by atoms with E-state index in [-0.39, 0.29) is 0 Å². The smallest absolute Gasteiger partial charge is 0.125 e. The van der Waals surface area contributed by atoms with E-state index in [4.69, 9.17) is 14.5 Å². The summed E-state index contributed by atoms with van der Waals surface area (Å²) in [6.07, 6.45) is 10.2. The fraction of sp³-hybridized carbons (Fsp3) is 0.640. The van der Waals surface area contributed by atoms with Gasteiger partial charge < -0.3 is 19.5 Å². The minimum absolute atomic E-state index is 0.600. The highest BCUT2D eigenvalue weighted by atomic mass is 32.1. The summed E-state index contributed by atoms with van der Waals surface area (Å²) in [5, 5.41) is 12.4. The summed E-state index contributed by atoms with van der Waals surface area (Å²) in [5.74, 6) is 1.67. The summed E-state index contributed by atoms with van der Waals surface area (Å²) in [7, 11) is 1.66.